The number of amides is 1. The van der Waals surface area contributed by atoms with Gasteiger partial charge in [0.25, 0.3) is 11.5 Å². The molecule has 0 saturated carbocycles. The van der Waals surface area contributed by atoms with Crippen molar-refractivity contribution >= 4 is 5.91 Å². The number of rotatable bonds is 4. The summed E-state index contributed by atoms with van der Waals surface area (Å²) >= 11 is 0. The van der Waals surface area contributed by atoms with Crippen LogP contribution in [0.3, 0.4) is 0 Å². The number of methoxy groups -OCH3 is 1. The van der Waals surface area contributed by atoms with Gasteiger partial charge in [0.15, 0.2) is 5.69 Å². The summed E-state index contributed by atoms with van der Waals surface area (Å²) in [5.41, 5.74) is -5.83. The quantitative estimate of drug-likeness (QED) is 0.488. The maximum absolute atomic E-state index is 13.8. The number of benzene rings is 1. The van der Waals surface area contributed by atoms with Gasteiger partial charge in [0.2, 0.25) is 11.8 Å². The summed E-state index contributed by atoms with van der Waals surface area (Å²) in [5.74, 6) is -1.13. The maximum atomic E-state index is 13.8. The highest BCUT2D eigenvalue weighted by Crippen LogP contribution is 2.37. The van der Waals surface area contributed by atoms with Gasteiger partial charge in [-0.3, -0.25) is 9.59 Å². The van der Waals surface area contributed by atoms with Crippen LogP contribution in [0, 0.1) is 6.92 Å². The standard InChI is InChI=1S/C21H17F6N5O4/c1-10-28-29-18(36-10)15-7-13(35-2)9-31(15)19(34)17-14(21(25,26)27)8-16(33)32(30-17)12-5-3-4-11(6-12)20(22,23)24/h3-6,8,13,15H,7,9H2,1-2H3/t13-,15+/m0/s1. The average Bonchev–Trinajstić information content (AvgIpc) is 3.43. The number of carbonyl (C=O) groups is 1. The van der Waals surface area contributed by atoms with Crippen molar-refractivity contribution in [2.24, 2.45) is 0 Å². The molecule has 1 aliphatic heterocycles. The molecule has 0 N–H and O–H groups in total. The molecular weight excluding hydrogens is 500 g/mol. The van der Waals surface area contributed by atoms with Crippen molar-refractivity contribution in [1.82, 2.24) is 24.9 Å². The zero-order valence-corrected chi connectivity index (χ0v) is 18.6. The Morgan fingerprint density at radius 1 is 1.11 bits per heavy atom. The molecule has 9 nitrogen and oxygen atoms in total. The van der Waals surface area contributed by atoms with Gasteiger partial charge in [0, 0.05) is 33.1 Å². The molecule has 2 aromatic heterocycles. The van der Waals surface area contributed by atoms with Crippen molar-refractivity contribution in [2.45, 2.75) is 37.8 Å². The predicted octanol–water partition coefficient (Wildman–Crippen LogP) is 3.56. The van der Waals surface area contributed by atoms with Crippen LogP contribution in [-0.2, 0) is 17.1 Å². The first-order chi connectivity index (χ1) is 16.8. The molecule has 0 unspecified atom stereocenters. The molecule has 3 heterocycles. The van der Waals surface area contributed by atoms with Crippen molar-refractivity contribution in [3.63, 3.8) is 0 Å². The molecule has 2 atom stereocenters. The second-order valence-corrected chi connectivity index (χ2v) is 7.93. The fourth-order valence-electron chi connectivity index (χ4n) is 3.84. The van der Waals surface area contributed by atoms with E-state index < -0.39 is 58.5 Å². The summed E-state index contributed by atoms with van der Waals surface area (Å²) in [7, 11) is 1.35. The molecule has 0 aliphatic carbocycles. The lowest BCUT2D eigenvalue weighted by molar-refractivity contribution is -0.138. The highest BCUT2D eigenvalue weighted by Gasteiger charge is 2.44. The summed E-state index contributed by atoms with van der Waals surface area (Å²) in [6.45, 7) is 1.32. The first kappa shape index (κ1) is 25.3. The number of aromatic nitrogens is 4. The molecule has 0 spiro atoms. The SMILES string of the molecule is CO[C@H]1C[C@H](c2nnc(C)o2)N(C(=O)c2nn(-c3cccc(C(F)(F)F)c3)c(=O)cc2C(F)(F)F)C1. The van der Waals surface area contributed by atoms with E-state index >= 15 is 0 Å². The van der Waals surface area contributed by atoms with E-state index in [2.05, 4.69) is 15.3 Å². The smallest absolute Gasteiger partial charge is 0.418 e. The Balaban J connectivity index is 1.85. The molecule has 15 heteroatoms. The number of carbonyl (C=O) groups excluding carboxylic acids is 1. The van der Waals surface area contributed by atoms with Crippen molar-refractivity contribution in [3.05, 3.63) is 69.3 Å². The third-order valence-electron chi connectivity index (χ3n) is 5.54. The van der Waals surface area contributed by atoms with E-state index in [1.807, 2.05) is 0 Å². The average molecular weight is 517 g/mol. The molecule has 192 valence electrons. The lowest BCUT2D eigenvalue weighted by Crippen LogP contribution is -2.37. The van der Waals surface area contributed by atoms with Gasteiger partial charge in [0.1, 0.15) is 6.04 Å². The summed E-state index contributed by atoms with van der Waals surface area (Å²) in [6.07, 6.45) is -10.4. The van der Waals surface area contributed by atoms with Crippen molar-refractivity contribution in [1.29, 1.82) is 0 Å². The van der Waals surface area contributed by atoms with Crippen LogP contribution in [-0.4, -0.2) is 50.5 Å². The third kappa shape index (κ3) is 4.82. The van der Waals surface area contributed by atoms with Gasteiger partial charge >= 0.3 is 12.4 Å². The van der Waals surface area contributed by atoms with Gasteiger partial charge in [-0.15, -0.1) is 10.2 Å². The number of ether oxygens (including phenoxy) is 1. The number of alkyl halides is 6. The van der Waals surface area contributed by atoms with E-state index in [9.17, 15) is 35.9 Å². The van der Waals surface area contributed by atoms with Gasteiger partial charge < -0.3 is 14.1 Å². The molecule has 1 fully saturated rings. The Labute approximate surface area is 198 Å². The molecule has 0 bridgehead atoms. The van der Waals surface area contributed by atoms with Gasteiger partial charge in [-0.2, -0.15) is 36.1 Å². The Morgan fingerprint density at radius 3 is 2.42 bits per heavy atom. The number of hydrogen-bond acceptors (Lipinski definition) is 7. The van der Waals surface area contributed by atoms with Crippen LogP contribution in [0.4, 0.5) is 26.3 Å². The van der Waals surface area contributed by atoms with Gasteiger partial charge in [-0.25, -0.2) is 0 Å². The molecule has 1 amide bonds. The van der Waals surface area contributed by atoms with Crippen LogP contribution >= 0.6 is 0 Å². The topological polar surface area (TPSA) is 103 Å². The zero-order chi connectivity index (χ0) is 26.4. The Morgan fingerprint density at radius 2 is 1.83 bits per heavy atom. The number of nitrogens with zero attached hydrogens (tertiary/aromatic N) is 5. The van der Waals surface area contributed by atoms with Crippen LogP contribution in [0.15, 0.2) is 39.5 Å². The monoisotopic (exact) mass is 517 g/mol. The zero-order valence-electron chi connectivity index (χ0n) is 18.6. The minimum Gasteiger partial charge on any atom is -0.423 e. The molecule has 36 heavy (non-hydrogen) atoms. The molecule has 0 radical (unpaired) electrons. The fraction of sp³-hybridized carbons (Fsp3) is 0.381. The second-order valence-electron chi connectivity index (χ2n) is 7.93. The first-order valence-electron chi connectivity index (χ1n) is 10.3. The highest BCUT2D eigenvalue weighted by molar-refractivity contribution is 5.94. The molecule has 1 aliphatic rings. The second kappa shape index (κ2) is 9.04. The summed E-state index contributed by atoms with van der Waals surface area (Å²) in [5, 5.41) is 11.1. The lowest BCUT2D eigenvalue weighted by Gasteiger charge is -2.23. The largest absolute Gasteiger partial charge is 0.423 e. The normalized spacial score (nSPS) is 18.6. The molecule has 4 rings (SSSR count). The molecular formula is C21H17F6N5O4. The van der Waals surface area contributed by atoms with Gasteiger partial charge in [-0.05, 0) is 18.2 Å². The number of halogens is 6. The van der Waals surface area contributed by atoms with E-state index in [0.717, 1.165) is 23.1 Å². The van der Waals surface area contributed by atoms with Crippen LogP contribution in [0.2, 0.25) is 0 Å². The van der Waals surface area contributed by atoms with Crippen molar-refractivity contribution in [3.8, 4) is 5.69 Å². The van der Waals surface area contributed by atoms with E-state index in [0.29, 0.717) is 10.7 Å². The van der Waals surface area contributed by atoms with Crippen LogP contribution in [0.25, 0.3) is 5.69 Å². The lowest BCUT2D eigenvalue weighted by atomic mass is 10.1. The van der Waals surface area contributed by atoms with Crippen LogP contribution < -0.4 is 5.56 Å². The summed E-state index contributed by atoms with van der Waals surface area (Å²) in [6, 6.07) is 2.43. The minimum absolute atomic E-state index is 0.0415. The van der Waals surface area contributed by atoms with Gasteiger partial charge in [-0.1, -0.05) is 6.07 Å². The van der Waals surface area contributed by atoms with E-state index in [1.54, 1.807) is 0 Å². The highest BCUT2D eigenvalue weighted by atomic mass is 19.4. The fourth-order valence-corrected chi connectivity index (χ4v) is 3.84. The number of likely N-dealkylation sites (tertiary alicyclic amines) is 1. The molecule has 1 aromatic carbocycles. The van der Waals surface area contributed by atoms with Gasteiger partial charge in [0.05, 0.1) is 22.9 Å². The number of aryl methyl sites for hydroxylation is 1. The molecule has 1 saturated heterocycles. The van der Waals surface area contributed by atoms with E-state index in [1.165, 1.54) is 14.0 Å². The molecule has 3 aromatic rings. The predicted molar refractivity (Wildman–Crippen MR) is 108 cm³/mol. The maximum Gasteiger partial charge on any atom is 0.418 e. The van der Waals surface area contributed by atoms with Crippen LogP contribution in [0.5, 0.6) is 0 Å². The Kier molecular flexibility index (Phi) is 6.36. The Bertz CT molecular complexity index is 1350. The minimum atomic E-state index is -5.17. The first-order valence-corrected chi connectivity index (χ1v) is 10.3. The van der Waals surface area contributed by atoms with Crippen molar-refractivity contribution in [2.75, 3.05) is 13.7 Å². The van der Waals surface area contributed by atoms with Crippen molar-refractivity contribution < 1.29 is 40.3 Å². The Hall–Kier alpha value is -3.75. The summed E-state index contributed by atoms with van der Waals surface area (Å²) < 4.78 is 91.8. The van der Waals surface area contributed by atoms with E-state index in [-0.39, 0.29) is 30.8 Å². The number of hydrogen-bond donors (Lipinski definition) is 0. The van der Waals surface area contributed by atoms with E-state index in [4.69, 9.17) is 9.15 Å². The summed E-state index contributed by atoms with van der Waals surface area (Å²) in [4.78, 5) is 26.9. The van der Waals surface area contributed by atoms with Crippen LogP contribution in [0.1, 0.15) is 45.9 Å². The third-order valence-corrected chi connectivity index (χ3v) is 5.54.